The molecule has 0 saturated heterocycles. The fraction of sp³-hybridized carbons (Fsp3) is 0.467. The van der Waals surface area contributed by atoms with Gasteiger partial charge in [-0.1, -0.05) is 31.5 Å². The van der Waals surface area contributed by atoms with Gasteiger partial charge in [0.1, 0.15) is 0 Å². The van der Waals surface area contributed by atoms with E-state index in [-0.39, 0.29) is 24.8 Å². The third kappa shape index (κ3) is 4.85. The van der Waals surface area contributed by atoms with Crippen LogP contribution in [0, 0.1) is 12.8 Å². The lowest BCUT2D eigenvalue weighted by molar-refractivity contribution is -0.136. The Morgan fingerprint density at radius 2 is 2.00 bits per heavy atom. The number of rotatable bonds is 6. The van der Waals surface area contributed by atoms with Gasteiger partial charge in [-0.15, -0.1) is 0 Å². The number of carboxylic acid groups (broad SMARTS) is 1. The van der Waals surface area contributed by atoms with Gasteiger partial charge in [-0.05, 0) is 30.5 Å². The first kappa shape index (κ1) is 16.5. The summed E-state index contributed by atoms with van der Waals surface area (Å²) in [6.45, 7) is 5.94. The molecule has 0 bridgehead atoms. The van der Waals surface area contributed by atoms with Crippen molar-refractivity contribution in [3.8, 4) is 0 Å². The lowest BCUT2D eigenvalue weighted by Crippen LogP contribution is -2.33. The zero-order valence-corrected chi connectivity index (χ0v) is 12.8. The Labute approximate surface area is 124 Å². The van der Waals surface area contributed by atoms with E-state index in [0.717, 1.165) is 5.56 Å². The van der Waals surface area contributed by atoms with Crippen LogP contribution in [0.1, 0.15) is 32.3 Å². The van der Waals surface area contributed by atoms with E-state index < -0.39 is 5.97 Å². The van der Waals surface area contributed by atoms with Crippen LogP contribution >= 0.6 is 11.6 Å². The largest absolute Gasteiger partial charge is 0.481 e. The van der Waals surface area contributed by atoms with Crippen molar-refractivity contribution in [3.05, 3.63) is 28.8 Å². The molecule has 1 N–H and O–H groups in total. The topological polar surface area (TPSA) is 57.6 Å². The molecule has 0 heterocycles. The first-order valence-corrected chi connectivity index (χ1v) is 6.97. The van der Waals surface area contributed by atoms with Crippen LogP contribution < -0.4 is 4.90 Å². The maximum absolute atomic E-state index is 12.3. The zero-order valence-electron chi connectivity index (χ0n) is 12.0. The number of hydrogen-bond donors (Lipinski definition) is 1. The van der Waals surface area contributed by atoms with Crippen molar-refractivity contribution < 1.29 is 14.7 Å². The highest BCUT2D eigenvalue weighted by Gasteiger charge is 2.18. The van der Waals surface area contributed by atoms with Gasteiger partial charge in [0.15, 0.2) is 0 Å². The van der Waals surface area contributed by atoms with E-state index in [1.54, 1.807) is 12.1 Å². The standard InChI is InChI=1S/C15H20ClNO3/c1-10(2)8-14(18)17(7-6-15(19)20)12-5-4-11(3)13(16)9-12/h4-5,9-10H,6-8H2,1-3H3,(H,19,20). The smallest absolute Gasteiger partial charge is 0.305 e. The Balaban J connectivity index is 2.98. The molecule has 0 aromatic heterocycles. The summed E-state index contributed by atoms with van der Waals surface area (Å²) in [5.74, 6) is -0.789. The van der Waals surface area contributed by atoms with Gasteiger partial charge in [0.05, 0.1) is 6.42 Å². The molecule has 1 amide bonds. The van der Waals surface area contributed by atoms with E-state index in [2.05, 4.69) is 0 Å². The number of aliphatic carboxylic acids is 1. The minimum atomic E-state index is -0.925. The average molecular weight is 298 g/mol. The first-order chi connectivity index (χ1) is 9.31. The van der Waals surface area contributed by atoms with Crippen molar-refractivity contribution in [2.24, 2.45) is 5.92 Å². The van der Waals surface area contributed by atoms with Crippen LogP contribution in [0.15, 0.2) is 18.2 Å². The molecule has 0 unspecified atom stereocenters. The molecule has 0 aliphatic carbocycles. The highest BCUT2D eigenvalue weighted by Crippen LogP contribution is 2.24. The molecule has 0 fully saturated rings. The number of halogens is 1. The Morgan fingerprint density at radius 3 is 2.50 bits per heavy atom. The zero-order chi connectivity index (χ0) is 15.3. The minimum absolute atomic E-state index is 0.0823. The summed E-state index contributed by atoms with van der Waals surface area (Å²) in [7, 11) is 0. The molecule has 1 aromatic rings. The number of anilines is 1. The van der Waals surface area contributed by atoms with Gasteiger partial charge in [0.2, 0.25) is 5.91 Å². The second kappa shape index (κ2) is 7.29. The van der Waals surface area contributed by atoms with Crippen molar-refractivity contribution in [1.82, 2.24) is 0 Å². The van der Waals surface area contributed by atoms with Gasteiger partial charge in [0.25, 0.3) is 0 Å². The number of amides is 1. The van der Waals surface area contributed by atoms with E-state index in [1.807, 2.05) is 26.8 Å². The molecule has 1 aromatic carbocycles. The average Bonchev–Trinajstić information content (AvgIpc) is 2.32. The van der Waals surface area contributed by atoms with Gasteiger partial charge in [0, 0.05) is 23.7 Å². The van der Waals surface area contributed by atoms with Gasteiger partial charge < -0.3 is 10.0 Å². The number of hydrogen-bond acceptors (Lipinski definition) is 2. The quantitative estimate of drug-likeness (QED) is 0.874. The molecule has 0 aliphatic heterocycles. The SMILES string of the molecule is Cc1ccc(N(CCC(=O)O)C(=O)CC(C)C)cc1Cl. The highest BCUT2D eigenvalue weighted by molar-refractivity contribution is 6.31. The summed E-state index contributed by atoms with van der Waals surface area (Å²) >= 11 is 6.08. The minimum Gasteiger partial charge on any atom is -0.481 e. The van der Waals surface area contributed by atoms with Gasteiger partial charge >= 0.3 is 5.97 Å². The van der Waals surface area contributed by atoms with Crippen LogP contribution in [0.25, 0.3) is 0 Å². The van der Waals surface area contributed by atoms with Crippen molar-refractivity contribution in [1.29, 1.82) is 0 Å². The van der Waals surface area contributed by atoms with Crippen LogP contribution in [0.3, 0.4) is 0 Å². The van der Waals surface area contributed by atoms with E-state index in [0.29, 0.717) is 17.1 Å². The molecule has 0 radical (unpaired) electrons. The highest BCUT2D eigenvalue weighted by atomic mass is 35.5. The number of aryl methyl sites for hydroxylation is 1. The Kier molecular flexibility index (Phi) is 6.02. The summed E-state index contributed by atoms with van der Waals surface area (Å²) < 4.78 is 0. The van der Waals surface area contributed by atoms with Crippen LogP contribution in [0.5, 0.6) is 0 Å². The Hall–Kier alpha value is -1.55. The summed E-state index contributed by atoms with van der Waals surface area (Å²) in [5.41, 5.74) is 1.57. The van der Waals surface area contributed by atoms with E-state index in [9.17, 15) is 9.59 Å². The molecule has 0 aliphatic rings. The molecule has 20 heavy (non-hydrogen) atoms. The van der Waals surface area contributed by atoms with E-state index in [1.165, 1.54) is 4.90 Å². The summed E-state index contributed by atoms with van der Waals surface area (Å²) in [6, 6.07) is 5.33. The number of carbonyl (C=O) groups is 2. The maximum Gasteiger partial charge on any atom is 0.305 e. The summed E-state index contributed by atoms with van der Waals surface area (Å²) in [4.78, 5) is 24.5. The molecule has 5 heteroatoms. The van der Waals surface area contributed by atoms with Crippen LogP contribution in [-0.4, -0.2) is 23.5 Å². The fourth-order valence-electron chi connectivity index (χ4n) is 1.81. The summed E-state index contributed by atoms with van der Waals surface area (Å²) in [6.07, 6.45) is 0.292. The van der Waals surface area contributed by atoms with Crippen molar-refractivity contribution >= 4 is 29.2 Å². The molecule has 0 spiro atoms. The predicted octanol–water partition coefficient (Wildman–Crippen LogP) is 3.50. The number of benzene rings is 1. The Bertz CT molecular complexity index is 500. The second-order valence-corrected chi connectivity index (χ2v) is 5.63. The first-order valence-electron chi connectivity index (χ1n) is 6.59. The van der Waals surface area contributed by atoms with Crippen molar-refractivity contribution in [2.45, 2.75) is 33.6 Å². The summed E-state index contributed by atoms with van der Waals surface area (Å²) in [5, 5.41) is 9.38. The van der Waals surface area contributed by atoms with Crippen LogP contribution in [0.2, 0.25) is 5.02 Å². The van der Waals surface area contributed by atoms with Gasteiger partial charge in [-0.3, -0.25) is 9.59 Å². The van der Waals surface area contributed by atoms with Crippen molar-refractivity contribution in [2.75, 3.05) is 11.4 Å². The normalized spacial score (nSPS) is 10.7. The molecule has 1 rings (SSSR count). The molecule has 0 atom stereocenters. The van der Waals surface area contributed by atoms with E-state index >= 15 is 0 Å². The van der Waals surface area contributed by atoms with Crippen LogP contribution in [-0.2, 0) is 9.59 Å². The van der Waals surface area contributed by atoms with Gasteiger partial charge in [-0.2, -0.15) is 0 Å². The lowest BCUT2D eigenvalue weighted by atomic mass is 10.1. The van der Waals surface area contributed by atoms with E-state index in [4.69, 9.17) is 16.7 Å². The predicted molar refractivity (Wildman–Crippen MR) is 80.2 cm³/mol. The number of carbonyl (C=O) groups excluding carboxylic acids is 1. The molecule has 110 valence electrons. The molecule has 4 nitrogen and oxygen atoms in total. The molecular formula is C15H20ClNO3. The second-order valence-electron chi connectivity index (χ2n) is 5.22. The lowest BCUT2D eigenvalue weighted by Gasteiger charge is -2.23. The monoisotopic (exact) mass is 297 g/mol. The third-order valence-electron chi connectivity index (χ3n) is 2.90. The number of nitrogens with zero attached hydrogens (tertiary/aromatic N) is 1. The number of carboxylic acids is 1. The third-order valence-corrected chi connectivity index (χ3v) is 3.31. The maximum atomic E-state index is 12.3. The fourth-order valence-corrected chi connectivity index (χ4v) is 1.99. The Morgan fingerprint density at radius 1 is 1.35 bits per heavy atom. The molecule has 0 saturated carbocycles. The van der Waals surface area contributed by atoms with Crippen molar-refractivity contribution in [3.63, 3.8) is 0 Å². The van der Waals surface area contributed by atoms with Gasteiger partial charge in [-0.25, -0.2) is 0 Å². The van der Waals surface area contributed by atoms with Crippen LogP contribution in [0.4, 0.5) is 5.69 Å². The molecular weight excluding hydrogens is 278 g/mol.